The van der Waals surface area contributed by atoms with Gasteiger partial charge >= 0.3 is 6.15 Å². The van der Waals surface area contributed by atoms with Gasteiger partial charge in [0.1, 0.15) is 0 Å². The lowest BCUT2D eigenvalue weighted by Gasteiger charge is -2.41. The van der Waals surface area contributed by atoms with Gasteiger partial charge in [-0.1, -0.05) is 91.9 Å². The van der Waals surface area contributed by atoms with Gasteiger partial charge < -0.3 is 5.32 Å². The normalized spacial score (nSPS) is 14.6. The summed E-state index contributed by atoms with van der Waals surface area (Å²) in [7, 11) is 0. The van der Waals surface area contributed by atoms with Gasteiger partial charge in [-0.3, -0.25) is 10.2 Å². The number of hydrogen-bond acceptors (Lipinski definition) is 5. The fourth-order valence-corrected chi connectivity index (χ4v) is 4.81. The van der Waals surface area contributed by atoms with Crippen molar-refractivity contribution in [2.45, 2.75) is 45.6 Å². The Hall–Kier alpha value is -3.57. The minimum Gasteiger partial charge on any atom is -0.355 e. The third-order valence-corrected chi connectivity index (χ3v) is 7.07. The molecule has 6 heteroatoms. The molecule has 0 radical (unpaired) electrons. The van der Waals surface area contributed by atoms with Crippen molar-refractivity contribution in [3.05, 3.63) is 107 Å². The van der Waals surface area contributed by atoms with Gasteiger partial charge in [-0.05, 0) is 54.4 Å². The van der Waals surface area contributed by atoms with E-state index in [1.54, 1.807) is 0 Å². The Kier molecular flexibility index (Phi) is 11.2. The molecule has 1 aliphatic rings. The van der Waals surface area contributed by atoms with Crippen LogP contribution in [0.15, 0.2) is 84.9 Å². The van der Waals surface area contributed by atoms with Crippen molar-refractivity contribution in [2.24, 2.45) is 5.41 Å². The molecule has 3 aromatic rings. The van der Waals surface area contributed by atoms with Crippen LogP contribution in [0.3, 0.4) is 0 Å². The minimum absolute atomic E-state index is 0.198. The summed E-state index contributed by atoms with van der Waals surface area (Å²) in [4.78, 5) is 29.8. The Morgan fingerprint density at radius 1 is 0.811 bits per heavy atom. The van der Waals surface area contributed by atoms with Gasteiger partial charge in [-0.25, -0.2) is 5.01 Å². The molecule has 0 aliphatic carbocycles. The largest absolute Gasteiger partial charge is 0.373 e. The maximum Gasteiger partial charge on any atom is 0.373 e. The highest BCUT2D eigenvalue weighted by Crippen LogP contribution is 2.35. The van der Waals surface area contributed by atoms with E-state index in [-0.39, 0.29) is 17.5 Å². The van der Waals surface area contributed by atoms with Gasteiger partial charge in [0.05, 0.1) is 5.41 Å². The molecule has 194 valence electrons. The Morgan fingerprint density at radius 3 is 1.92 bits per heavy atom. The Bertz CT molecular complexity index is 1100. The molecular formula is C31H37N3O3. The molecule has 37 heavy (non-hydrogen) atoms. The Morgan fingerprint density at radius 2 is 1.35 bits per heavy atom. The van der Waals surface area contributed by atoms with Crippen LogP contribution >= 0.6 is 0 Å². The van der Waals surface area contributed by atoms with Gasteiger partial charge in [0.15, 0.2) is 0 Å². The van der Waals surface area contributed by atoms with E-state index in [4.69, 9.17) is 9.59 Å². The summed E-state index contributed by atoms with van der Waals surface area (Å²) < 4.78 is 0. The van der Waals surface area contributed by atoms with E-state index in [1.165, 1.54) is 22.3 Å². The molecule has 1 aliphatic heterocycles. The second-order valence-electron chi connectivity index (χ2n) is 9.51. The lowest BCUT2D eigenvalue weighted by molar-refractivity contribution is -0.191. The van der Waals surface area contributed by atoms with Gasteiger partial charge in [0, 0.05) is 26.2 Å². The second-order valence-corrected chi connectivity index (χ2v) is 9.51. The van der Waals surface area contributed by atoms with Crippen LogP contribution in [-0.2, 0) is 40.2 Å². The number of hydrazine groups is 1. The molecule has 1 fully saturated rings. The van der Waals surface area contributed by atoms with Crippen LogP contribution in [0.5, 0.6) is 0 Å². The topological polar surface area (TPSA) is 78.5 Å². The lowest BCUT2D eigenvalue weighted by atomic mass is 9.73. The number of nitrogens with zero attached hydrogens (tertiary/aromatic N) is 1. The van der Waals surface area contributed by atoms with Crippen LogP contribution in [0, 0.1) is 5.41 Å². The van der Waals surface area contributed by atoms with Gasteiger partial charge in [-0.2, -0.15) is 9.59 Å². The Balaban J connectivity index is 0.00000121. The van der Waals surface area contributed by atoms with E-state index in [2.05, 4.69) is 95.5 Å². The van der Waals surface area contributed by atoms with E-state index < -0.39 is 0 Å². The summed E-state index contributed by atoms with van der Waals surface area (Å²) in [6.45, 7) is 5.40. The van der Waals surface area contributed by atoms with Crippen LogP contribution in [-0.4, -0.2) is 36.7 Å². The van der Waals surface area contributed by atoms with Crippen molar-refractivity contribution in [1.29, 1.82) is 0 Å². The first-order valence-corrected chi connectivity index (χ1v) is 13.0. The maximum absolute atomic E-state index is 13.6. The molecule has 0 aromatic heterocycles. The fraction of sp³-hybridized carbons (Fsp3) is 0.355. The maximum atomic E-state index is 13.6. The van der Waals surface area contributed by atoms with E-state index in [0.29, 0.717) is 6.54 Å². The van der Waals surface area contributed by atoms with Gasteiger partial charge in [0.2, 0.25) is 5.91 Å². The monoisotopic (exact) mass is 499 g/mol. The van der Waals surface area contributed by atoms with Crippen molar-refractivity contribution in [1.82, 2.24) is 15.8 Å². The predicted molar refractivity (Wildman–Crippen MR) is 144 cm³/mol. The zero-order valence-electron chi connectivity index (χ0n) is 21.6. The predicted octanol–water partition coefficient (Wildman–Crippen LogP) is 4.35. The van der Waals surface area contributed by atoms with Crippen LogP contribution in [0.4, 0.5) is 0 Å². The zero-order chi connectivity index (χ0) is 26.3. The zero-order valence-corrected chi connectivity index (χ0v) is 21.6. The van der Waals surface area contributed by atoms with E-state index >= 15 is 0 Å². The number of carbonyl (C=O) groups is 1. The SMILES string of the molecule is CCc1ccc(CCNC(=O)C2(Cc3ccccc3)CCN(NCc3ccccc3)CC2)cc1.O=C=O. The number of nitrogens with one attached hydrogen (secondary N) is 2. The molecular weight excluding hydrogens is 462 g/mol. The van der Waals surface area contributed by atoms with Crippen LogP contribution < -0.4 is 10.7 Å². The minimum atomic E-state index is -0.363. The number of piperidine rings is 1. The number of aryl methyl sites for hydroxylation is 1. The standard InChI is InChI=1S/C30H37N3O.CO2/c1-2-25-13-15-26(16-14-25)17-20-31-29(34)30(23-27-9-5-3-6-10-27)18-21-33(22-19-30)32-24-28-11-7-4-8-12-28;2-1-3/h3-16,32H,2,17-24H2,1H3,(H,31,34);. The fourth-order valence-electron chi connectivity index (χ4n) is 4.81. The lowest BCUT2D eigenvalue weighted by Crippen LogP contribution is -2.53. The summed E-state index contributed by atoms with van der Waals surface area (Å²) >= 11 is 0. The van der Waals surface area contributed by atoms with Crippen LogP contribution in [0.1, 0.15) is 42.0 Å². The van der Waals surface area contributed by atoms with Crippen molar-refractivity contribution in [2.75, 3.05) is 19.6 Å². The molecule has 6 nitrogen and oxygen atoms in total. The highest BCUT2D eigenvalue weighted by Gasteiger charge is 2.41. The summed E-state index contributed by atoms with van der Waals surface area (Å²) in [6.07, 6.45) is 4.65. The molecule has 0 spiro atoms. The van der Waals surface area contributed by atoms with E-state index in [0.717, 1.165) is 51.7 Å². The van der Waals surface area contributed by atoms with Gasteiger partial charge in [0.25, 0.3) is 0 Å². The molecule has 0 atom stereocenters. The average Bonchev–Trinajstić information content (AvgIpc) is 2.94. The molecule has 0 unspecified atom stereocenters. The van der Waals surface area contributed by atoms with Crippen LogP contribution in [0.25, 0.3) is 0 Å². The first-order chi connectivity index (χ1) is 18.1. The quantitative estimate of drug-likeness (QED) is 0.434. The summed E-state index contributed by atoms with van der Waals surface area (Å²) in [5.74, 6) is 0.198. The molecule has 3 aromatic carbocycles. The molecule has 1 heterocycles. The first kappa shape index (κ1) is 28.0. The van der Waals surface area contributed by atoms with Crippen molar-refractivity contribution in [3.8, 4) is 0 Å². The summed E-state index contributed by atoms with van der Waals surface area (Å²) in [5.41, 5.74) is 8.32. The average molecular weight is 500 g/mol. The van der Waals surface area contributed by atoms with E-state index in [1.807, 2.05) is 12.1 Å². The Labute approximate surface area is 220 Å². The van der Waals surface area contributed by atoms with Crippen molar-refractivity contribution in [3.63, 3.8) is 0 Å². The smallest absolute Gasteiger partial charge is 0.355 e. The molecule has 0 bridgehead atoms. The summed E-state index contributed by atoms with van der Waals surface area (Å²) in [6, 6.07) is 29.7. The molecule has 1 saturated heterocycles. The second kappa shape index (κ2) is 14.9. The molecule has 1 amide bonds. The van der Waals surface area contributed by atoms with Crippen LogP contribution in [0.2, 0.25) is 0 Å². The number of rotatable bonds is 10. The summed E-state index contributed by atoms with van der Waals surface area (Å²) in [5, 5.41) is 5.56. The number of benzene rings is 3. The third-order valence-electron chi connectivity index (χ3n) is 7.07. The number of amides is 1. The molecule has 2 N–H and O–H groups in total. The third kappa shape index (κ3) is 8.80. The first-order valence-electron chi connectivity index (χ1n) is 13.0. The van der Waals surface area contributed by atoms with Crippen molar-refractivity contribution >= 4 is 12.1 Å². The van der Waals surface area contributed by atoms with Crippen molar-refractivity contribution < 1.29 is 14.4 Å². The number of carbonyl (C=O) groups excluding carboxylic acids is 3. The number of hydrogen-bond donors (Lipinski definition) is 2. The van der Waals surface area contributed by atoms with Gasteiger partial charge in [-0.15, -0.1) is 0 Å². The molecule has 4 rings (SSSR count). The highest BCUT2D eigenvalue weighted by molar-refractivity contribution is 5.83. The molecule has 0 saturated carbocycles. The highest BCUT2D eigenvalue weighted by atomic mass is 16.2. The van der Waals surface area contributed by atoms with E-state index in [9.17, 15) is 4.79 Å².